The zero-order chi connectivity index (χ0) is 15.1. The van der Waals surface area contributed by atoms with Crippen molar-refractivity contribution in [3.05, 3.63) is 29.8 Å². The molecule has 0 aliphatic heterocycles. The van der Waals surface area contributed by atoms with Crippen LogP contribution in [-0.4, -0.2) is 19.0 Å². The number of hydrogen-bond acceptors (Lipinski definition) is 2. The molecule has 0 bridgehead atoms. The zero-order valence-corrected chi connectivity index (χ0v) is 13.3. The molecular formula is C18H28N2O. The third-order valence-corrected chi connectivity index (χ3v) is 4.39. The minimum Gasteiger partial charge on any atom is -0.385 e. The molecule has 1 aromatic rings. The highest BCUT2D eigenvalue weighted by atomic mass is 16.1. The third-order valence-electron chi connectivity index (χ3n) is 4.39. The van der Waals surface area contributed by atoms with E-state index in [2.05, 4.69) is 24.5 Å². The van der Waals surface area contributed by atoms with Crippen LogP contribution in [0.3, 0.4) is 0 Å². The molecule has 0 heterocycles. The summed E-state index contributed by atoms with van der Waals surface area (Å²) in [5.41, 5.74) is 1.79. The number of anilines is 1. The molecule has 0 saturated heterocycles. The van der Waals surface area contributed by atoms with Gasteiger partial charge in [0.2, 0.25) is 0 Å². The fourth-order valence-corrected chi connectivity index (χ4v) is 2.91. The van der Waals surface area contributed by atoms with E-state index in [0.29, 0.717) is 0 Å². The van der Waals surface area contributed by atoms with E-state index in [0.717, 1.165) is 42.6 Å². The van der Waals surface area contributed by atoms with Crippen LogP contribution in [0.2, 0.25) is 0 Å². The van der Waals surface area contributed by atoms with Gasteiger partial charge < -0.3 is 10.6 Å². The molecule has 1 fully saturated rings. The van der Waals surface area contributed by atoms with E-state index in [9.17, 15) is 4.79 Å². The first-order chi connectivity index (χ1) is 10.2. The average Bonchev–Trinajstić information content (AvgIpc) is 2.52. The molecule has 116 valence electrons. The summed E-state index contributed by atoms with van der Waals surface area (Å²) < 4.78 is 0. The SMILES string of the molecule is CCCNC(=O)c1cccc(NCC2CCC(C)CC2)c1. The van der Waals surface area contributed by atoms with Crippen molar-refractivity contribution in [3.8, 4) is 0 Å². The normalized spacial score (nSPS) is 21.8. The highest BCUT2D eigenvalue weighted by Gasteiger charge is 2.17. The molecule has 3 heteroatoms. The first-order valence-corrected chi connectivity index (χ1v) is 8.31. The summed E-state index contributed by atoms with van der Waals surface area (Å²) in [5, 5.41) is 6.42. The van der Waals surface area contributed by atoms with Crippen molar-refractivity contribution in [1.82, 2.24) is 5.32 Å². The first-order valence-electron chi connectivity index (χ1n) is 8.31. The Morgan fingerprint density at radius 2 is 2.00 bits per heavy atom. The molecule has 2 rings (SSSR count). The molecule has 1 aliphatic rings. The molecular weight excluding hydrogens is 260 g/mol. The summed E-state index contributed by atoms with van der Waals surface area (Å²) in [7, 11) is 0. The van der Waals surface area contributed by atoms with Crippen LogP contribution >= 0.6 is 0 Å². The maximum atomic E-state index is 12.0. The van der Waals surface area contributed by atoms with Gasteiger partial charge in [0.05, 0.1) is 0 Å². The van der Waals surface area contributed by atoms with E-state index in [4.69, 9.17) is 0 Å². The predicted molar refractivity (Wildman–Crippen MR) is 88.7 cm³/mol. The van der Waals surface area contributed by atoms with Gasteiger partial charge in [-0.25, -0.2) is 0 Å². The van der Waals surface area contributed by atoms with Gasteiger partial charge in [-0.2, -0.15) is 0 Å². The highest BCUT2D eigenvalue weighted by molar-refractivity contribution is 5.95. The minimum atomic E-state index is 0.0204. The Hall–Kier alpha value is -1.51. The molecule has 21 heavy (non-hydrogen) atoms. The molecule has 1 saturated carbocycles. The molecule has 0 radical (unpaired) electrons. The number of carbonyl (C=O) groups is 1. The van der Waals surface area contributed by atoms with E-state index in [1.165, 1.54) is 25.7 Å². The molecule has 2 N–H and O–H groups in total. The maximum Gasteiger partial charge on any atom is 0.251 e. The van der Waals surface area contributed by atoms with Crippen molar-refractivity contribution >= 4 is 11.6 Å². The molecule has 1 aliphatic carbocycles. The second-order valence-electron chi connectivity index (χ2n) is 6.34. The lowest BCUT2D eigenvalue weighted by Crippen LogP contribution is -2.24. The average molecular weight is 288 g/mol. The summed E-state index contributed by atoms with van der Waals surface area (Å²) in [6.45, 7) is 6.16. The molecule has 1 amide bonds. The van der Waals surface area contributed by atoms with Crippen LogP contribution in [-0.2, 0) is 0 Å². The fraction of sp³-hybridized carbons (Fsp3) is 0.611. The van der Waals surface area contributed by atoms with Gasteiger partial charge in [-0.3, -0.25) is 4.79 Å². The Morgan fingerprint density at radius 3 is 2.71 bits per heavy atom. The van der Waals surface area contributed by atoms with Crippen LogP contribution in [0.15, 0.2) is 24.3 Å². The van der Waals surface area contributed by atoms with Gasteiger partial charge in [0, 0.05) is 24.3 Å². The quantitative estimate of drug-likeness (QED) is 0.828. The third kappa shape index (κ3) is 5.07. The number of rotatable bonds is 6. The van der Waals surface area contributed by atoms with Gasteiger partial charge in [-0.05, 0) is 49.3 Å². The van der Waals surface area contributed by atoms with E-state index in [1.54, 1.807) is 0 Å². The van der Waals surface area contributed by atoms with Crippen molar-refractivity contribution in [1.29, 1.82) is 0 Å². The molecule has 0 aromatic heterocycles. The maximum absolute atomic E-state index is 12.0. The van der Waals surface area contributed by atoms with Crippen molar-refractivity contribution in [2.45, 2.75) is 46.0 Å². The van der Waals surface area contributed by atoms with Gasteiger partial charge in [0.1, 0.15) is 0 Å². The standard InChI is InChI=1S/C18H28N2O/c1-3-11-19-18(21)16-5-4-6-17(12-16)20-13-15-9-7-14(2)8-10-15/h4-6,12,14-15,20H,3,7-11,13H2,1-2H3,(H,19,21). The van der Waals surface area contributed by atoms with Gasteiger partial charge in [0.15, 0.2) is 0 Å². The van der Waals surface area contributed by atoms with E-state index < -0.39 is 0 Å². The zero-order valence-electron chi connectivity index (χ0n) is 13.3. The summed E-state index contributed by atoms with van der Waals surface area (Å²) in [6.07, 6.45) is 6.32. The van der Waals surface area contributed by atoms with Gasteiger partial charge in [-0.1, -0.05) is 32.8 Å². The number of nitrogens with one attached hydrogen (secondary N) is 2. The minimum absolute atomic E-state index is 0.0204. The number of carbonyl (C=O) groups excluding carboxylic acids is 1. The second kappa shape index (κ2) is 8.06. The Balaban J connectivity index is 1.84. The van der Waals surface area contributed by atoms with Crippen LogP contribution in [0.1, 0.15) is 56.3 Å². The van der Waals surface area contributed by atoms with Crippen LogP contribution in [0, 0.1) is 11.8 Å². The van der Waals surface area contributed by atoms with Crippen LogP contribution in [0.4, 0.5) is 5.69 Å². The predicted octanol–water partition coefficient (Wildman–Crippen LogP) is 4.06. The van der Waals surface area contributed by atoms with E-state index in [-0.39, 0.29) is 5.91 Å². The van der Waals surface area contributed by atoms with Crippen LogP contribution < -0.4 is 10.6 Å². The summed E-state index contributed by atoms with van der Waals surface area (Å²) in [5.74, 6) is 1.69. The lowest BCUT2D eigenvalue weighted by atomic mass is 9.83. The molecule has 0 unspecified atom stereocenters. The van der Waals surface area contributed by atoms with E-state index >= 15 is 0 Å². The van der Waals surface area contributed by atoms with Crippen molar-refractivity contribution in [3.63, 3.8) is 0 Å². The lowest BCUT2D eigenvalue weighted by Gasteiger charge is -2.26. The van der Waals surface area contributed by atoms with Gasteiger partial charge >= 0.3 is 0 Å². The van der Waals surface area contributed by atoms with Crippen molar-refractivity contribution in [2.24, 2.45) is 11.8 Å². The Kier molecular flexibility index (Phi) is 6.09. The molecule has 0 atom stereocenters. The monoisotopic (exact) mass is 288 g/mol. The Bertz CT molecular complexity index is 450. The Labute approximate surface area is 128 Å². The topological polar surface area (TPSA) is 41.1 Å². The van der Waals surface area contributed by atoms with Crippen LogP contribution in [0.5, 0.6) is 0 Å². The smallest absolute Gasteiger partial charge is 0.251 e. The highest BCUT2D eigenvalue weighted by Crippen LogP contribution is 2.28. The number of benzene rings is 1. The van der Waals surface area contributed by atoms with Crippen molar-refractivity contribution < 1.29 is 4.79 Å². The van der Waals surface area contributed by atoms with Crippen LogP contribution in [0.25, 0.3) is 0 Å². The summed E-state index contributed by atoms with van der Waals surface area (Å²) in [6, 6.07) is 7.82. The van der Waals surface area contributed by atoms with Gasteiger partial charge in [-0.15, -0.1) is 0 Å². The number of hydrogen-bond donors (Lipinski definition) is 2. The molecule has 1 aromatic carbocycles. The fourth-order valence-electron chi connectivity index (χ4n) is 2.91. The largest absolute Gasteiger partial charge is 0.385 e. The number of amides is 1. The summed E-state index contributed by atoms with van der Waals surface area (Å²) >= 11 is 0. The second-order valence-corrected chi connectivity index (χ2v) is 6.34. The van der Waals surface area contributed by atoms with Crippen molar-refractivity contribution in [2.75, 3.05) is 18.4 Å². The van der Waals surface area contributed by atoms with Gasteiger partial charge in [0.25, 0.3) is 5.91 Å². The lowest BCUT2D eigenvalue weighted by molar-refractivity contribution is 0.0953. The molecule has 0 spiro atoms. The first kappa shape index (κ1) is 15.9. The Morgan fingerprint density at radius 1 is 1.24 bits per heavy atom. The van der Waals surface area contributed by atoms with E-state index in [1.807, 2.05) is 24.3 Å². The molecule has 3 nitrogen and oxygen atoms in total. The summed E-state index contributed by atoms with van der Waals surface area (Å²) in [4.78, 5) is 12.0.